The lowest BCUT2D eigenvalue weighted by Gasteiger charge is -2.13. The Morgan fingerprint density at radius 1 is 1.08 bits per heavy atom. The summed E-state index contributed by atoms with van der Waals surface area (Å²) in [6.07, 6.45) is 0. The predicted molar refractivity (Wildman–Crippen MR) is 39.4 cm³/mol. The molecule has 0 bridgehead atoms. The first kappa shape index (κ1) is 13.3. The van der Waals surface area contributed by atoms with Gasteiger partial charge in [0.25, 0.3) is 14.6 Å². The third kappa shape index (κ3) is 2.86. The van der Waals surface area contributed by atoms with E-state index in [1.165, 1.54) is 0 Å². The van der Waals surface area contributed by atoms with Crippen molar-refractivity contribution in [2.45, 2.75) is 10.8 Å². The average Bonchev–Trinajstić information content (AvgIpc) is 1.81. The fraction of sp³-hybridized carbons (Fsp3) is 1.00. The second kappa shape index (κ2) is 3.44. The number of rotatable bonds is 3. The van der Waals surface area contributed by atoms with Gasteiger partial charge < -0.3 is 0 Å². The van der Waals surface area contributed by atoms with Crippen molar-refractivity contribution < 1.29 is 30.0 Å². The SMILES string of the molecule is O=S(=O)(Cl)C(F)C(F)(F)S(=O)(=O)Cl. The van der Waals surface area contributed by atoms with E-state index in [4.69, 9.17) is 0 Å². The highest BCUT2D eigenvalue weighted by atomic mass is 35.7. The van der Waals surface area contributed by atoms with Crippen LogP contribution in [-0.2, 0) is 18.1 Å². The van der Waals surface area contributed by atoms with E-state index in [-0.39, 0.29) is 0 Å². The van der Waals surface area contributed by atoms with Crippen LogP contribution in [0.4, 0.5) is 13.2 Å². The highest BCUT2D eigenvalue weighted by Crippen LogP contribution is 2.35. The van der Waals surface area contributed by atoms with Gasteiger partial charge in [0.1, 0.15) is 0 Å². The van der Waals surface area contributed by atoms with E-state index in [0.29, 0.717) is 0 Å². The summed E-state index contributed by atoms with van der Waals surface area (Å²) in [6, 6.07) is 0. The molecule has 0 saturated carbocycles. The van der Waals surface area contributed by atoms with Crippen LogP contribution in [0.5, 0.6) is 0 Å². The Bertz CT molecular complexity index is 386. The molecular formula is C2HCl2F3O4S2. The Morgan fingerprint density at radius 2 is 1.38 bits per heavy atom. The van der Waals surface area contributed by atoms with E-state index in [9.17, 15) is 30.0 Å². The van der Waals surface area contributed by atoms with Crippen LogP contribution < -0.4 is 0 Å². The predicted octanol–water partition coefficient (Wildman–Crippen LogP) is 1.01. The maximum atomic E-state index is 12.3. The van der Waals surface area contributed by atoms with Gasteiger partial charge in [0.05, 0.1) is 0 Å². The molecule has 0 amide bonds. The molecule has 13 heavy (non-hydrogen) atoms. The highest BCUT2D eigenvalue weighted by Gasteiger charge is 2.58. The largest absolute Gasteiger partial charge is 0.405 e. The van der Waals surface area contributed by atoms with E-state index in [2.05, 4.69) is 21.4 Å². The first-order chi connectivity index (χ1) is 5.40. The molecule has 0 heterocycles. The highest BCUT2D eigenvalue weighted by molar-refractivity contribution is 8.17. The summed E-state index contributed by atoms with van der Waals surface area (Å²) in [6.45, 7) is 0. The second-order valence-electron chi connectivity index (χ2n) is 1.79. The van der Waals surface area contributed by atoms with Gasteiger partial charge in [-0.3, -0.25) is 0 Å². The van der Waals surface area contributed by atoms with Crippen LogP contribution in [-0.4, -0.2) is 27.6 Å². The molecule has 1 atom stereocenters. The summed E-state index contributed by atoms with van der Waals surface area (Å²) in [5.41, 5.74) is -4.09. The van der Waals surface area contributed by atoms with Gasteiger partial charge >= 0.3 is 14.3 Å². The van der Waals surface area contributed by atoms with Gasteiger partial charge in [-0.15, -0.1) is 0 Å². The molecule has 0 rings (SSSR count). The summed E-state index contributed by atoms with van der Waals surface area (Å²) in [4.78, 5) is 0. The molecule has 0 aromatic carbocycles. The fourth-order valence-corrected chi connectivity index (χ4v) is 2.47. The van der Waals surface area contributed by atoms with Crippen LogP contribution in [0.3, 0.4) is 0 Å². The maximum absolute atomic E-state index is 12.3. The molecule has 0 N–H and O–H groups in total. The van der Waals surface area contributed by atoms with E-state index in [1.54, 1.807) is 0 Å². The quantitative estimate of drug-likeness (QED) is 0.724. The van der Waals surface area contributed by atoms with E-state index in [0.717, 1.165) is 0 Å². The van der Waals surface area contributed by atoms with E-state index in [1.807, 2.05) is 0 Å². The number of alkyl halides is 3. The van der Waals surface area contributed by atoms with Crippen molar-refractivity contribution in [2.75, 3.05) is 0 Å². The zero-order valence-electron chi connectivity index (χ0n) is 5.42. The standard InChI is InChI=1S/C2HCl2F3O4S2/c3-12(8,9)1(5)2(6,7)13(4,10)11/h1H. The van der Waals surface area contributed by atoms with Crippen molar-refractivity contribution in [3.63, 3.8) is 0 Å². The molecule has 4 nitrogen and oxygen atoms in total. The number of hydrogen-bond donors (Lipinski definition) is 0. The molecule has 1 unspecified atom stereocenters. The van der Waals surface area contributed by atoms with Crippen LogP contribution in [0.1, 0.15) is 0 Å². The zero-order chi connectivity index (χ0) is 11.1. The minimum absolute atomic E-state index is 4.08. The zero-order valence-corrected chi connectivity index (χ0v) is 8.56. The molecule has 0 radical (unpaired) electrons. The van der Waals surface area contributed by atoms with E-state index >= 15 is 0 Å². The Hall–Kier alpha value is 0.270. The van der Waals surface area contributed by atoms with Crippen LogP contribution in [0.25, 0.3) is 0 Å². The van der Waals surface area contributed by atoms with Gasteiger partial charge in [0.15, 0.2) is 0 Å². The van der Waals surface area contributed by atoms with Crippen molar-refractivity contribution in [1.29, 1.82) is 0 Å². The lowest BCUT2D eigenvalue weighted by Crippen LogP contribution is -2.39. The van der Waals surface area contributed by atoms with Crippen LogP contribution in [0.15, 0.2) is 0 Å². The van der Waals surface area contributed by atoms with Gasteiger partial charge in [-0.25, -0.2) is 21.2 Å². The van der Waals surface area contributed by atoms with Crippen LogP contribution in [0, 0.1) is 0 Å². The van der Waals surface area contributed by atoms with Crippen LogP contribution in [0.2, 0.25) is 0 Å². The lowest BCUT2D eigenvalue weighted by atomic mass is 10.8. The Balaban J connectivity index is 5.35. The summed E-state index contributed by atoms with van der Waals surface area (Å²) in [5.74, 6) is 0. The normalized spacial score (nSPS) is 17.0. The fourth-order valence-electron chi connectivity index (χ4n) is 0.275. The van der Waals surface area contributed by atoms with Crippen molar-refractivity contribution in [3.05, 3.63) is 0 Å². The summed E-state index contributed by atoms with van der Waals surface area (Å²) >= 11 is 0. The summed E-state index contributed by atoms with van der Waals surface area (Å²) < 4.78 is 76.8. The maximum Gasteiger partial charge on any atom is 0.405 e. The number of halogens is 5. The Kier molecular flexibility index (Phi) is 3.52. The molecule has 0 spiro atoms. The van der Waals surface area contributed by atoms with Crippen molar-refractivity contribution in [2.24, 2.45) is 0 Å². The molecule has 0 aliphatic heterocycles. The second-order valence-corrected chi connectivity index (χ2v) is 7.09. The van der Waals surface area contributed by atoms with Crippen molar-refractivity contribution in [3.8, 4) is 0 Å². The van der Waals surface area contributed by atoms with Crippen molar-refractivity contribution in [1.82, 2.24) is 0 Å². The molecule has 0 fully saturated rings. The molecule has 0 aliphatic rings. The average molecular weight is 281 g/mol. The first-order valence-corrected chi connectivity index (χ1v) is 6.98. The molecule has 0 aromatic heterocycles. The van der Waals surface area contributed by atoms with Gasteiger partial charge in [0.2, 0.25) is 0 Å². The molecule has 0 aromatic rings. The minimum atomic E-state index is -5.68. The van der Waals surface area contributed by atoms with Gasteiger partial charge in [0, 0.05) is 21.4 Å². The van der Waals surface area contributed by atoms with Gasteiger partial charge in [-0.1, -0.05) is 0 Å². The Morgan fingerprint density at radius 3 is 1.46 bits per heavy atom. The molecular weight excluding hydrogens is 280 g/mol. The minimum Gasteiger partial charge on any atom is -0.220 e. The molecule has 0 aliphatic carbocycles. The monoisotopic (exact) mass is 280 g/mol. The molecule has 0 saturated heterocycles. The van der Waals surface area contributed by atoms with Gasteiger partial charge in [-0.05, 0) is 0 Å². The van der Waals surface area contributed by atoms with Gasteiger partial charge in [-0.2, -0.15) is 8.78 Å². The topological polar surface area (TPSA) is 68.3 Å². The first-order valence-electron chi connectivity index (χ1n) is 2.30. The molecule has 80 valence electrons. The van der Waals surface area contributed by atoms with Crippen molar-refractivity contribution >= 4 is 39.5 Å². The molecule has 11 heteroatoms. The number of hydrogen-bond acceptors (Lipinski definition) is 4. The third-order valence-corrected chi connectivity index (χ3v) is 3.72. The lowest BCUT2D eigenvalue weighted by molar-refractivity contribution is 0.0448. The van der Waals surface area contributed by atoms with Crippen LogP contribution >= 0.6 is 21.4 Å². The smallest absolute Gasteiger partial charge is 0.220 e. The third-order valence-electron chi connectivity index (χ3n) is 0.836. The summed E-state index contributed by atoms with van der Waals surface area (Å²) in [5, 5.41) is -5.27. The van der Waals surface area contributed by atoms with E-state index < -0.39 is 28.9 Å². The Labute approximate surface area is 80.5 Å². The summed E-state index contributed by atoms with van der Waals surface area (Å²) in [7, 11) is -2.78.